The van der Waals surface area contributed by atoms with E-state index < -0.39 is 12.1 Å². The summed E-state index contributed by atoms with van der Waals surface area (Å²) in [5.74, 6) is 7.05. The number of carbonyl (C=O) groups excluding carboxylic acids is 2. The molecule has 1 fully saturated rings. The van der Waals surface area contributed by atoms with E-state index in [1.807, 2.05) is 0 Å². The van der Waals surface area contributed by atoms with E-state index in [0.717, 1.165) is 24.2 Å². The van der Waals surface area contributed by atoms with Gasteiger partial charge in [-0.15, -0.1) is 0 Å². The molecule has 1 amide bonds. The largest absolute Gasteiger partial charge is 0.489 e. The van der Waals surface area contributed by atoms with Gasteiger partial charge in [-0.25, -0.2) is 9.59 Å². The van der Waals surface area contributed by atoms with E-state index in [1.54, 1.807) is 62.5 Å². The predicted molar refractivity (Wildman–Crippen MR) is 169 cm³/mol. The molecule has 44 heavy (non-hydrogen) atoms. The number of methoxy groups -OCH3 is 1. The summed E-state index contributed by atoms with van der Waals surface area (Å²) in [6.07, 6.45) is 1.46. The molecule has 1 heterocycles. The monoisotopic (exact) mass is 652 g/mol. The van der Waals surface area contributed by atoms with Gasteiger partial charge in [0.2, 0.25) is 0 Å². The lowest BCUT2D eigenvalue weighted by Gasteiger charge is -2.17. The Balaban J connectivity index is 1.38. The summed E-state index contributed by atoms with van der Waals surface area (Å²) in [6.45, 7) is 2.09. The van der Waals surface area contributed by atoms with E-state index in [9.17, 15) is 9.59 Å². The first-order valence-corrected chi connectivity index (χ1v) is 14.8. The highest BCUT2D eigenvalue weighted by Gasteiger charge is 2.33. The molecule has 0 unspecified atom stereocenters. The van der Waals surface area contributed by atoms with Crippen molar-refractivity contribution in [2.75, 3.05) is 25.7 Å². The van der Waals surface area contributed by atoms with Crippen molar-refractivity contribution >= 4 is 52.6 Å². The first-order valence-electron chi connectivity index (χ1n) is 13.7. The maximum atomic E-state index is 12.3. The van der Waals surface area contributed by atoms with E-state index >= 15 is 0 Å². The molecule has 0 radical (unpaired) electrons. The highest BCUT2D eigenvalue weighted by atomic mass is 35.5. The molecular formula is C33H27Cl3N2O6. The van der Waals surface area contributed by atoms with Crippen LogP contribution in [0, 0.1) is 11.8 Å². The molecule has 3 aromatic carbocycles. The fourth-order valence-corrected chi connectivity index (χ4v) is 5.26. The number of nitrogens with zero attached hydrogens (tertiary/aromatic N) is 2. The van der Waals surface area contributed by atoms with Gasteiger partial charge >= 0.3 is 12.1 Å². The van der Waals surface area contributed by atoms with Crippen LogP contribution < -0.4 is 9.64 Å². The zero-order valence-electron chi connectivity index (χ0n) is 24.1. The van der Waals surface area contributed by atoms with Gasteiger partial charge in [0.05, 0.1) is 39.9 Å². The summed E-state index contributed by atoms with van der Waals surface area (Å²) < 4.78 is 21.8. The Morgan fingerprint density at radius 2 is 1.77 bits per heavy atom. The minimum absolute atomic E-state index is 0.171. The first-order chi connectivity index (χ1) is 21.2. The molecule has 0 N–H and O–H groups in total. The van der Waals surface area contributed by atoms with Crippen molar-refractivity contribution in [3.8, 4) is 28.8 Å². The van der Waals surface area contributed by atoms with Crippen LogP contribution >= 0.6 is 34.8 Å². The van der Waals surface area contributed by atoms with Crippen LogP contribution in [0.25, 0.3) is 11.3 Å². The number of amides is 1. The Labute approximate surface area is 269 Å². The molecule has 5 rings (SSSR count). The van der Waals surface area contributed by atoms with Crippen LogP contribution in [-0.4, -0.2) is 38.0 Å². The molecule has 0 bridgehead atoms. The molecule has 1 aromatic heterocycles. The zero-order valence-corrected chi connectivity index (χ0v) is 26.3. The number of benzene rings is 3. The third kappa shape index (κ3) is 6.97. The van der Waals surface area contributed by atoms with Crippen molar-refractivity contribution in [2.24, 2.45) is 0 Å². The van der Waals surface area contributed by atoms with Crippen LogP contribution in [0.1, 0.15) is 58.5 Å². The number of rotatable bonds is 8. The third-order valence-electron chi connectivity index (χ3n) is 6.90. The maximum absolute atomic E-state index is 12.3. The molecule has 8 nitrogen and oxygen atoms in total. The number of halogens is 3. The van der Waals surface area contributed by atoms with Crippen LogP contribution in [0.3, 0.4) is 0 Å². The van der Waals surface area contributed by atoms with Gasteiger partial charge in [-0.1, -0.05) is 57.9 Å². The second-order valence-corrected chi connectivity index (χ2v) is 11.2. The Kier molecular flexibility index (Phi) is 9.70. The Bertz CT molecular complexity index is 1770. The summed E-state index contributed by atoms with van der Waals surface area (Å²) in [7, 11) is 2.82. The summed E-state index contributed by atoms with van der Waals surface area (Å²) in [4.78, 5) is 25.8. The summed E-state index contributed by atoms with van der Waals surface area (Å²) in [5, 5.41) is 5.60. The van der Waals surface area contributed by atoms with E-state index in [4.69, 9.17) is 53.5 Å². The fraction of sp³-hybridized carbons (Fsp3) is 0.242. The molecule has 0 saturated heterocycles. The molecule has 0 atom stereocenters. The molecule has 1 saturated carbocycles. The van der Waals surface area contributed by atoms with E-state index in [0.29, 0.717) is 48.9 Å². The van der Waals surface area contributed by atoms with Crippen LogP contribution in [-0.2, 0) is 16.1 Å². The van der Waals surface area contributed by atoms with Gasteiger partial charge in [0.1, 0.15) is 23.8 Å². The van der Waals surface area contributed by atoms with Crippen molar-refractivity contribution in [1.29, 1.82) is 0 Å². The lowest BCUT2D eigenvalue weighted by Crippen LogP contribution is -2.27. The second-order valence-electron chi connectivity index (χ2n) is 9.94. The standard InChI is InChI=1S/C33H27Cl3N2O6/c1-4-42-33(40)38(2)23-15-19(14-22(16-23)32(39)41-3)8-9-20-12-13-24(17-28(20)36)43-18-25-30(37-44-31(25)21-10-11-21)29-26(34)6-5-7-27(29)35/h5-7,12-17,21H,4,10-11,18H2,1-3H3. The van der Waals surface area contributed by atoms with E-state index in [1.165, 1.54) is 18.1 Å². The predicted octanol–water partition coefficient (Wildman–Crippen LogP) is 8.54. The molecule has 1 aliphatic carbocycles. The van der Waals surface area contributed by atoms with Gasteiger partial charge in [0.15, 0.2) is 0 Å². The highest BCUT2D eigenvalue weighted by Crippen LogP contribution is 2.46. The van der Waals surface area contributed by atoms with E-state index in [-0.39, 0.29) is 24.7 Å². The van der Waals surface area contributed by atoms with Crippen molar-refractivity contribution in [3.63, 3.8) is 0 Å². The van der Waals surface area contributed by atoms with Gasteiger partial charge in [0.25, 0.3) is 0 Å². The zero-order chi connectivity index (χ0) is 31.4. The summed E-state index contributed by atoms with van der Waals surface area (Å²) in [5.41, 5.74) is 3.60. The topological polar surface area (TPSA) is 91.1 Å². The lowest BCUT2D eigenvalue weighted by molar-refractivity contribution is 0.0600. The van der Waals surface area contributed by atoms with Crippen molar-refractivity contribution in [1.82, 2.24) is 5.16 Å². The van der Waals surface area contributed by atoms with Crippen LogP contribution in [0.5, 0.6) is 5.75 Å². The Morgan fingerprint density at radius 1 is 1.02 bits per heavy atom. The second kappa shape index (κ2) is 13.6. The minimum atomic E-state index is -0.565. The minimum Gasteiger partial charge on any atom is -0.489 e. The smallest absolute Gasteiger partial charge is 0.413 e. The molecule has 226 valence electrons. The summed E-state index contributed by atoms with van der Waals surface area (Å²) >= 11 is 19.5. The van der Waals surface area contributed by atoms with Gasteiger partial charge in [-0.05, 0) is 62.2 Å². The molecule has 0 spiro atoms. The van der Waals surface area contributed by atoms with Crippen molar-refractivity contribution < 1.29 is 28.3 Å². The van der Waals surface area contributed by atoms with Gasteiger partial charge in [0, 0.05) is 41.4 Å². The Morgan fingerprint density at radius 3 is 2.43 bits per heavy atom. The van der Waals surface area contributed by atoms with Crippen LogP contribution in [0.4, 0.5) is 10.5 Å². The number of carbonyl (C=O) groups is 2. The van der Waals surface area contributed by atoms with Crippen molar-refractivity contribution in [2.45, 2.75) is 32.3 Å². The SMILES string of the molecule is CCOC(=O)N(C)c1cc(C#Cc2ccc(OCc3c(-c4c(Cl)cccc4Cl)noc3C3CC3)cc2Cl)cc(C(=O)OC)c1. The Hall–Kier alpha value is -4.16. The quantitative estimate of drug-likeness (QED) is 0.139. The average molecular weight is 654 g/mol. The van der Waals surface area contributed by atoms with E-state index in [2.05, 4.69) is 17.0 Å². The number of esters is 1. The molecule has 0 aliphatic heterocycles. The number of hydrogen-bond acceptors (Lipinski definition) is 7. The van der Waals surface area contributed by atoms with Gasteiger partial charge in [-0.3, -0.25) is 4.90 Å². The molecule has 11 heteroatoms. The molecule has 4 aromatic rings. The van der Waals surface area contributed by atoms with Crippen molar-refractivity contribution in [3.05, 3.63) is 97.7 Å². The normalized spacial score (nSPS) is 12.2. The number of hydrogen-bond donors (Lipinski definition) is 0. The van der Waals surface area contributed by atoms with Gasteiger partial charge in [-0.2, -0.15) is 0 Å². The first kappa shape index (κ1) is 31.3. The number of ether oxygens (including phenoxy) is 3. The third-order valence-corrected chi connectivity index (χ3v) is 7.84. The number of aromatic nitrogens is 1. The van der Waals surface area contributed by atoms with Crippen LogP contribution in [0.2, 0.25) is 15.1 Å². The maximum Gasteiger partial charge on any atom is 0.413 e. The molecular weight excluding hydrogens is 627 g/mol. The molecule has 1 aliphatic rings. The lowest BCUT2D eigenvalue weighted by atomic mass is 10.0. The number of anilines is 1. The van der Waals surface area contributed by atoms with Gasteiger partial charge < -0.3 is 18.7 Å². The van der Waals surface area contributed by atoms with Crippen LogP contribution in [0.15, 0.2) is 59.1 Å². The highest BCUT2D eigenvalue weighted by molar-refractivity contribution is 6.39. The summed E-state index contributed by atoms with van der Waals surface area (Å²) in [6, 6.07) is 15.2. The fourth-order valence-electron chi connectivity index (χ4n) is 4.47. The average Bonchev–Trinajstić information content (AvgIpc) is 3.78.